The predicted molar refractivity (Wildman–Crippen MR) is 121 cm³/mol. The molecule has 0 fully saturated rings. The third-order valence-electron chi connectivity index (χ3n) is 4.74. The first-order chi connectivity index (χ1) is 13.9. The average Bonchev–Trinajstić information content (AvgIpc) is 2.74. The van der Waals surface area contributed by atoms with Crippen LogP contribution in [0.2, 0.25) is 0 Å². The first-order valence-corrected chi connectivity index (χ1v) is 9.64. The van der Waals surface area contributed by atoms with E-state index in [9.17, 15) is 4.79 Å². The Morgan fingerprint density at radius 3 is 2.07 bits per heavy atom. The van der Waals surface area contributed by atoms with E-state index in [4.69, 9.17) is 14.2 Å². The van der Waals surface area contributed by atoms with E-state index in [1.54, 1.807) is 33.2 Å². The number of ether oxygens (including phenoxy) is 3. The molecule has 5 nitrogen and oxygen atoms in total. The monoisotopic (exact) mass is 455 g/mol. The molecule has 0 heterocycles. The van der Waals surface area contributed by atoms with Crippen LogP contribution < -0.4 is 19.1 Å². The van der Waals surface area contributed by atoms with Gasteiger partial charge in [-0.25, -0.2) is 0 Å². The van der Waals surface area contributed by atoms with Crippen molar-refractivity contribution in [2.45, 2.75) is 6.92 Å². The van der Waals surface area contributed by atoms with Crippen LogP contribution in [0, 0.1) is 0 Å². The fourth-order valence-electron chi connectivity index (χ4n) is 3.41. The maximum atomic E-state index is 12.7. The molecular formula is C23H22BrNO4. The number of anilines is 1. The summed E-state index contributed by atoms with van der Waals surface area (Å²) in [5.74, 6) is 1.64. The highest BCUT2D eigenvalue weighted by Gasteiger charge is 2.24. The predicted octanol–water partition coefficient (Wildman–Crippen LogP) is 5.83. The number of methoxy groups -OCH3 is 3. The van der Waals surface area contributed by atoms with E-state index in [1.165, 1.54) is 6.08 Å². The summed E-state index contributed by atoms with van der Waals surface area (Å²) in [4.78, 5) is 14.2. The van der Waals surface area contributed by atoms with Crippen molar-refractivity contribution in [3.8, 4) is 17.2 Å². The van der Waals surface area contributed by atoms with Gasteiger partial charge < -0.3 is 14.2 Å². The fraction of sp³-hybridized carbons (Fsp3) is 0.174. The molecule has 0 unspecified atom stereocenters. The number of benzene rings is 3. The van der Waals surface area contributed by atoms with Crippen LogP contribution in [0.4, 0.5) is 5.69 Å². The van der Waals surface area contributed by atoms with E-state index in [2.05, 4.69) is 29.1 Å². The number of nitrogens with zero attached hydrogens (tertiary/aromatic N) is 1. The zero-order valence-corrected chi connectivity index (χ0v) is 18.4. The molecule has 3 aromatic rings. The number of fused-ring (bicyclic) bond motifs is 3. The lowest BCUT2D eigenvalue weighted by Gasteiger charge is -2.26. The van der Waals surface area contributed by atoms with Crippen molar-refractivity contribution in [3.05, 3.63) is 59.7 Å². The highest BCUT2D eigenvalue weighted by Crippen LogP contribution is 2.47. The van der Waals surface area contributed by atoms with Gasteiger partial charge in [0.2, 0.25) is 0 Å². The van der Waals surface area contributed by atoms with Crippen LogP contribution in [0.3, 0.4) is 0 Å². The van der Waals surface area contributed by atoms with E-state index in [1.807, 2.05) is 30.3 Å². The number of halogens is 1. The van der Waals surface area contributed by atoms with Gasteiger partial charge in [-0.3, -0.25) is 9.69 Å². The second-order valence-electron chi connectivity index (χ2n) is 6.44. The minimum Gasteiger partial charge on any atom is -0.497 e. The van der Waals surface area contributed by atoms with Crippen molar-refractivity contribution in [2.24, 2.45) is 0 Å². The molecule has 0 aromatic heterocycles. The van der Waals surface area contributed by atoms with Crippen molar-refractivity contribution in [3.63, 3.8) is 0 Å². The highest BCUT2D eigenvalue weighted by molar-refractivity contribution is 9.10. The molecule has 150 valence electrons. The molecule has 0 aliphatic rings. The Morgan fingerprint density at radius 1 is 0.966 bits per heavy atom. The Labute approximate surface area is 178 Å². The van der Waals surface area contributed by atoms with Gasteiger partial charge in [-0.1, -0.05) is 13.2 Å². The van der Waals surface area contributed by atoms with Crippen LogP contribution in [-0.4, -0.2) is 27.2 Å². The number of amides is 1. The molecule has 0 atom stereocenters. The third-order valence-corrected chi connectivity index (χ3v) is 5.54. The molecule has 3 aromatic carbocycles. The van der Waals surface area contributed by atoms with Crippen molar-refractivity contribution in [1.82, 2.24) is 0 Å². The lowest BCUT2D eigenvalue weighted by molar-refractivity contribution is -0.113. The molecule has 29 heavy (non-hydrogen) atoms. The first kappa shape index (κ1) is 20.7. The summed E-state index contributed by atoms with van der Waals surface area (Å²) in [7, 11) is 4.81. The standard InChI is InChI=1S/C23H22BrNO4/c1-7-21(26)25(13(2)3)23-15-9-8-14(27-4)10-16(15)17-11-19(28-5)20(29-6)12-18(17)22(23)24/h7-12H,1-2H2,3-6H3. The molecule has 0 aliphatic heterocycles. The van der Waals surface area contributed by atoms with Gasteiger partial charge in [-0.15, -0.1) is 0 Å². The van der Waals surface area contributed by atoms with Crippen LogP contribution in [0.25, 0.3) is 21.5 Å². The van der Waals surface area contributed by atoms with Crippen molar-refractivity contribution >= 4 is 49.1 Å². The minimum absolute atomic E-state index is 0.268. The molecule has 0 aliphatic carbocycles. The molecule has 1 amide bonds. The molecule has 6 heteroatoms. The van der Waals surface area contributed by atoms with E-state index < -0.39 is 0 Å². The van der Waals surface area contributed by atoms with Crippen molar-refractivity contribution in [2.75, 3.05) is 26.2 Å². The zero-order chi connectivity index (χ0) is 21.3. The summed E-state index contributed by atoms with van der Waals surface area (Å²) in [6.45, 7) is 9.41. The summed E-state index contributed by atoms with van der Waals surface area (Å²) in [6, 6.07) is 9.53. The molecule has 3 rings (SSSR count). The Kier molecular flexibility index (Phi) is 5.84. The average molecular weight is 456 g/mol. The lowest BCUT2D eigenvalue weighted by Crippen LogP contribution is -2.27. The molecule has 0 saturated heterocycles. The molecule has 0 spiro atoms. The summed E-state index contributed by atoms with van der Waals surface area (Å²) < 4.78 is 17.2. The van der Waals surface area contributed by atoms with Crippen LogP contribution in [0.1, 0.15) is 6.92 Å². The Hall–Kier alpha value is -2.99. The van der Waals surface area contributed by atoms with Crippen LogP contribution in [0.15, 0.2) is 59.7 Å². The van der Waals surface area contributed by atoms with E-state index in [-0.39, 0.29) is 5.91 Å². The summed E-state index contributed by atoms with van der Waals surface area (Å²) in [6.07, 6.45) is 1.27. The Balaban J connectivity index is 2.57. The smallest absolute Gasteiger partial charge is 0.254 e. The number of hydrogen-bond acceptors (Lipinski definition) is 4. The molecule has 0 bridgehead atoms. The van der Waals surface area contributed by atoms with Gasteiger partial charge in [0, 0.05) is 16.5 Å². The van der Waals surface area contributed by atoms with Crippen LogP contribution in [0.5, 0.6) is 17.2 Å². The number of hydrogen-bond donors (Lipinski definition) is 0. The van der Waals surface area contributed by atoms with Crippen LogP contribution in [-0.2, 0) is 4.79 Å². The van der Waals surface area contributed by atoms with Crippen molar-refractivity contribution < 1.29 is 19.0 Å². The highest BCUT2D eigenvalue weighted by atomic mass is 79.9. The maximum Gasteiger partial charge on any atom is 0.254 e. The quantitative estimate of drug-likeness (QED) is 0.346. The summed E-state index contributed by atoms with van der Waals surface area (Å²) in [5.41, 5.74) is 1.26. The van der Waals surface area contributed by atoms with E-state index >= 15 is 0 Å². The second kappa shape index (κ2) is 8.17. The summed E-state index contributed by atoms with van der Waals surface area (Å²) in [5, 5.41) is 3.55. The molecule has 0 radical (unpaired) electrons. The van der Waals surface area contributed by atoms with Gasteiger partial charge >= 0.3 is 0 Å². The van der Waals surface area contributed by atoms with Gasteiger partial charge in [0.05, 0.1) is 31.5 Å². The fourth-order valence-corrected chi connectivity index (χ4v) is 4.13. The van der Waals surface area contributed by atoms with E-state index in [0.29, 0.717) is 28.6 Å². The van der Waals surface area contributed by atoms with Crippen LogP contribution >= 0.6 is 15.9 Å². The van der Waals surface area contributed by atoms with Gasteiger partial charge in [-0.05, 0) is 70.0 Å². The normalized spacial score (nSPS) is 10.7. The second-order valence-corrected chi connectivity index (χ2v) is 7.23. The van der Waals surface area contributed by atoms with Gasteiger partial charge in [0.15, 0.2) is 11.5 Å². The first-order valence-electron chi connectivity index (χ1n) is 8.84. The zero-order valence-electron chi connectivity index (χ0n) is 16.8. The number of carbonyl (C=O) groups excluding carboxylic acids is 1. The van der Waals surface area contributed by atoms with E-state index in [0.717, 1.165) is 26.0 Å². The van der Waals surface area contributed by atoms with Gasteiger partial charge in [0.1, 0.15) is 5.75 Å². The van der Waals surface area contributed by atoms with Gasteiger partial charge in [-0.2, -0.15) is 0 Å². The number of carbonyl (C=O) groups is 1. The summed E-state index contributed by atoms with van der Waals surface area (Å²) >= 11 is 3.72. The molecular weight excluding hydrogens is 434 g/mol. The number of allylic oxidation sites excluding steroid dienone is 1. The Bertz CT molecular complexity index is 1150. The van der Waals surface area contributed by atoms with Gasteiger partial charge in [0.25, 0.3) is 5.91 Å². The number of rotatable bonds is 6. The SMILES string of the molecule is C=CC(=O)N(C(=C)C)c1c(Br)c2cc(OC)c(OC)cc2c2cc(OC)ccc12. The third kappa shape index (κ3) is 3.44. The Morgan fingerprint density at radius 2 is 1.55 bits per heavy atom. The maximum absolute atomic E-state index is 12.7. The minimum atomic E-state index is -0.268. The molecule has 0 saturated carbocycles. The molecule has 0 N–H and O–H groups in total. The lowest BCUT2D eigenvalue weighted by atomic mass is 9.98. The topological polar surface area (TPSA) is 48.0 Å². The van der Waals surface area contributed by atoms with Crippen molar-refractivity contribution in [1.29, 1.82) is 0 Å². The largest absolute Gasteiger partial charge is 0.497 e.